The molecule has 0 aromatic carbocycles. The number of aliphatic hydroxyl groups is 2. The molecule has 1 fully saturated rings. The number of nitrogens with one attached hydrogen (secondary N) is 1. The first-order valence-corrected chi connectivity index (χ1v) is 8.31. The third-order valence-corrected chi connectivity index (χ3v) is 4.36. The van der Waals surface area contributed by atoms with Gasteiger partial charge in [-0.3, -0.25) is 0 Å². The Labute approximate surface area is 123 Å². The Kier molecular flexibility index (Phi) is 9.44. The van der Waals surface area contributed by atoms with Crippen LogP contribution in [0.5, 0.6) is 0 Å². The number of hydrogen-bond acceptors (Lipinski definition) is 4. The third-order valence-electron chi connectivity index (χ3n) is 4.36. The Hall–Kier alpha value is -0.160. The van der Waals surface area contributed by atoms with E-state index in [-0.39, 0.29) is 6.61 Å². The van der Waals surface area contributed by atoms with Crippen LogP contribution in [-0.4, -0.2) is 48.2 Å². The Morgan fingerprint density at radius 3 is 2.75 bits per heavy atom. The van der Waals surface area contributed by atoms with Crippen molar-refractivity contribution >= 4 is 0 Å². The van der Waals surface area contributed by atoms with Crippen molar-refractivity contribution < 1.29 is 14.9 Å². The van der Waals surface area contributed by atoms with Gasteiger partial charge in [-0.05, 0) is 38.5 Å². The van der Waals surface area contributed by atoms with Gasteiger partial charge in [0.1, 0.15) is 0 Å². The van der Waals surface area contributed by atoms with Crippen molar-refractivity contribution in [3.8, 4) is 0 Å². The lowest BCUT2D eigenvalue weighted by molar-refractivity contribution is -0.0503. The van der Waals surface area contributed by atoms with Gasteiger partial charge in [0.15, 0.2) is 0 Å². The Balaban J connectivity index is 2.13. The van der Waals surface area contributed by atoms with E-state index in [1.54, 1.807) is 0 Å². The summed E-state index contributed by atoms with van der Waals surface area (Å²) in [7, 11) is 0. The molecule has 4 heteroatoms. The summed E-state index contributed by atoms with van der Waals surface area (Å²) in [4.78, 5) is 0. The molecule has 4 atom stereocenters. The Morgan fingerprint density at radius 2 is 2.05 bits per heavy atom. The summed E-state index contributed by atoms with van der Waals surface area (Å²) < 4.78 is 5.93. The van der Waals surface area contributed by atoms with Gasteiger partial charge in [-0.2, -0.15) is 0 Å². The Morgan fingerprint density at radius 1 is 1.30 bits per heavy atom. The second kappa shape index (κ2) is 10.6. The van der Waals surface area contributed by atoms with Gasteiger partial charge in [-0.25, -0.2) is 0 Å². The minimum Gasteiger partial charge on any atom is -0.396 e. The standard InChI is InChI=1S/C16H33NO3/c1-3-14-8-4-5-9-16(14)20-12-15(19)11-17-13(2)7-6-10-18/h13-19H,3-12H2,1-2H3. The van der Waals surface area contributed by atoms with Crippen molar-refractivity contribution in [1.82, 2.24) is 5.32 Å². The highest BCUT2D eigenvalue weighted by molar-refractivity contribution is 4.75. The van der Waals surface area contributed by atoms with Gasteiger partial charge in [0, 0.05) is 19.2 Å². The van der Waals surface area contributed by atoms with Gasteiger partial charge in [-0.1, -0.05) is 26.2 Å². The van der Waals surface area contributed by atoms with Gasteiger partial charge in [-0.15, -0.1) is 0 Å². The zero-order valence-electron chi connectivity index (χ0n) is 13.2. The lowest BCUT2D eigenvalue weighted by atomic mass is 9.85. The van der Waals surface area contributed by atoms with Crippen LogP contribution in [0.2, 0.25) is 0 Å². The summed E-state index contributed by atoms with van der Waals surface area (Å²) in [5, 5.41) is 22.0. The SMILES string of the molecule is CCC1CCCCC1OCC(O)CNC(C)CCCO. The molecule has 1 saturated carbocycles. The van der Waals surface area contributed by atoms with Gasteiger partial charge in [0.2, 0.25) is 0 Å². The fourth-order valence-electron chi connectivity index (χ4n) is 2.99. The van der Waals surface area contributed by atoms with Crippen LogP contribution < -0.4 is 5.32 Å². The zero-order valence-corrected chi connectivity index (χ0v) is 13.2. The second-order valence-corrected chi connectivity index (χ2v) is 6.15. The lowest BCUT2D eigenvalue weighted by Gasteiger charge is -2.31. The number of ether oxygens (including phenoxy) is 1. The highest BCUT2D eigenvalue weighted by Gasteiger charge is 2.24. The quantitative estimate of drug-likeness (QED) is 0.576. The fourth-order valence-corrected chi connectivity index (χ4v) is 2.99. The normalized spacial score (nSPS) is 26.4. The summed E-state index contributed by atoms with van der Waals surface area (Å²) in [6.45, 7) is 5.54. The molecule has 120 valence electrons. The van der Waals surface area contributed by atoms with E-state index in [1.807, 2.05) is 0 Å². The van der Waals surface area contributed by atoms with E-state index in [0.29, 0.717) is 31.2 Å². The van der Waals surface area contributed by atoms with Crippen LogP contribution >= 0.6 is 0 Å². The molecule has 1 aliphatic rings. The first kappa shape index (κ1) is 17.9. The number of aliphatic hydroxyl groups excluding tert-OH is 2. The Bertz CT molecular complexity index is 238. The summed E-state index contributed by atoms with van der Waals surface area (Å²) in [6.07, 6.45) is 7.82. The molecule has 0 bridgehead atoms. The molecule has 0 aliphatic heterocycles. The molecule has 0 saturated heterocycles. The summed E-state index contributed by atoms with van der Waals surface area (Å²) >= 11 is 0. The van der Waals surface area contributed by atoms with Crippen LogP contribution in [-0.2, 0) is 4.74 Å². The molecule has 0 amide bonds. The third kappa shape index (κ3) is 7.02. The number of rotatable bonds is 10. The highest BCUT2D eigenvalue weighted by Crippen LogP contribution is 2.29. The molecular formula is C16H33NO3. The molecule has 3 N–H and O–H groups in total. The molecule has 4 nitrogen and oxygen atoms in total. The summed E-state index contributed by atoms with van der Waals surface area (Å²) in [5.41, 5.74) is 0. The minimum absolute atomic E-state index is 0.234. The maximum Gasteiger partial charge on any atom is 0.0897 e. The fraction of sp³-hybridized carbons (Fsp3) is 1.00. The minimum atomic E-state index is -0.439. The molecular weight excluding hydrogens is 254 g/mol. The van der Waals surface area contributed by atoms with E-state index in [1.165, 1.54) is 25.7 Å². The first-order chi connectivity index (χ1) is 9.67. The van der Waals surface area contributed by atoms with E-state index in [9.17, 15) is 5.11 Å². The van der Waals surface area contributed by atoms with Gasteiger partial charge < -0.3 is 20.3 Å². The van der Waals surface area contributed by atoms with Crippen LogP contribution in [0.1, 0.15) is 58.8 Å². The average molecular weight is 287 g/mol. The first-order valence-electron chi connectivity index (χ1n) is 8.31. The number of hydrogen-bond donors (Lipinski definition) is 3. The monoisotopic (exact) mass is 287 g/mol. The van der Waals surface area contributed by atoms with Crippen molar-refractivity contribution in [2.75, 3.05) is 19.8 Å². The molecule has 0 radical (unpaired) electrons. The molecule has 4 unspecified atom stereocenters. The molecule has 0 spiro atoms. The molecule has 0 aromatic rings. The van der Waals surface area contributed by atoms with Gasteiger partial charge >= 0.3 is 0 Å². The van der Waals surface area contributed by atoms with Crippen LogP contribution in [0.3, 0.4) is 0 Å². The van der Waals surface area contributed by atoms with E-state index in [4.69, 9.17) is 9.84 Å². The smallest absolute Gasteiger partial charge is 0.0897 e. The van der Waals surface area contributed by atoms with E-state index >= 15 is 0 Å². The van der Waals surface area contributed by atoms with Crippen molar-refractivity contribution in [2.24, 2.45) is 5.92 Å². The molecule has 20 heavy (non-hydrogen) atoms. The maximum absolute atomic E-state index is 9.98. The largest absolute Gasteiger partial charge is 0.396 e. The van der Waals surface area contributed by atoms with Crippen molar-refractivity contribution in [3.05, 3.63) is 0 Å². The predicted octanol–water partition coefficient (Wildman–Crippen LogP) is 2.08. The predicted molar refractivity (Wildman–Crippen MR) is 81.8 cm³/mol. The van der Waals surface area contributed by atoms with Crippen LogP contribution in [0.4, 0.5) is 0 Å². The van der Waals surface area contributed by atoms with E-state index < -0.39 is 6.10 Å². The second-order valence-electron chi connectivity index (χ2n) is 6.15. The van der Waals surface area contributed by atoms with Crippen molar-refractivity contribution in [3.63, 3.8) is 0 Å². The van der Waals surface area contributed by atoms with Crippen LogP contribution in [0.15, 0.2) is 0 Å². The lowest BCUT2D eigenvalue weighted by Crippen LogP contribution is -2.38. The van der Waals surface area contributed by atoms with Crippen LogP contribution in [0, 0.1) is 5.92 Å². The molecule has 0 aromatic heterocycles. The van der Waals surface area contributed by atoms with Crippen molar-refractivity contribution in [2.45, 2.75) is 77.0 Å². The van der Waals surface area contributed by atoms with Crippen molar-refractivity contribution in [1.29, 1.82) is 0 Å². The van der Waals surface area contributed by atoms with Crippen LogP contribution in [0.25, 0.3) is 0 Å². The zero-order chi connectivity index (χ0) is 14.8. The molecule has 1 rings (SSSR count). The topological polar surface area (TPSA) is 61.7 Å². The van der Waals surface area contributed by atoms with Gasteiger partial charge in [0.05, 0.1) is 18.8 Å². The molecule has 0 heterocycles. The summed E-state index contributed by atoms with van der Waals surface area (Å²) in [6, 6.07) is 0.329. The van der Waals surface area contributed by atoms with Gasteiger partial charge in [0.25, 0.3) is 0 Å². The average Bonchev–Trinajstić information content (AvgIpc) is 2.48. The van der Waals surface area contributed by atoms with E-state index in [2.05, 4.69) is 19.2 Å². The maximum atomic E-state index is 9.98. The molecule has 1 aliphatic carbocycles. The highest BCUT2D eigenvalue weighted by atomic mass is 16.5. The summed E-state index contributed by atoms with van der Waals surface area (Å²) in [5.74, 6) is 0.674. The van der Waals surface area contributed by atoms with E-state index in [0.717, 1.165) is 19.3 Å².